The fourth-order valence-corrected chi connectivity index (χ4v) is 4.16. The number of nitrogens with two attached hydrogens (primary N) is 1. The topological polar surface area (TPSA) is 113 Å². The second kappa shape index (κ2) is 5.19. The van der Waals surface area contributed by atoms with Gasteiger partial charge in [-0.2, -0.15) is 4.37 Å². The summed E-state index contributed by atoms with van der Waals surface area (Å²) in [6.45, 7) is 1.02. The number of hydrogen-bond donors (Lipinski definition) is 1. The molecule has 1 saturated carbocycles. The summed E-state index contributed by atoms with van der Waals surface area (Å²) in [5, 5.41) is 5.50. The summed E-state index contributed by atoms with van der Waals surface area (Å²) < 4.78 is 43.7. The highest BCUT2D eigenvalue weighted by Crippen LogP contribution is 2.45. The van der Waals surface area contributed by atoms with Gasteiger partial charge >= 0.3 is 5.69 Å². The van der Waals surface area contributed by atoms with Crippen LogP contribution in [0.4, 0.5) is 4.39 Å². The largest absolute Gasteiger partial charge is 0.336 e. The third-order valence-electron chi connectivity index (χ3n) is 4.40. The molecule has 0 aliphatic heterocycles. The van der Waals surface area contributed by atoms with Crippen molar-refractivity contribution in [3.8, 4) is 5.13 Å². The SMILES string of the molecule is Cc1nsc(-n2c(=O)n(C3(CF)CC3)c3ccc(S(N)(=O)=O)cc32)n1. The zero-order chi connectivity index (χ0) is 18.0. The second-order valence-corrected chi connectivity index (χ2v) is 8.42. The predicted octanol–water partition coefficient (Wildman–Crippen LogP) is 1.06. The molecule has 3 aromatic rings. The fourth-order valence-electron chi connectivity index (χ4n) is 2.94. The molecule has 8 nitrogen and oxygen atoms in total. The molecule has 1 aliphatic rings. The van der Waals surface area contributed by atoms with E-state index in [0.29, 0.717) is 34.8 Å². The van der Waals surface area contributed by atoms with E-state index in [2.05, 4.69) is 9.36 Å². The van der Waals surface area contributed by atoms with Crippen LogP contribution >= 0.6 is 11.5 Å². The number of aryl methyl sites for hydroxylation is 1. The molecule has 132 valence electrons. The van der Waals surface area contributed by atoms with Crippen LogP contribution in [0.3, 0.4) is 0 Å². The summed E-state index contributed by atoms with van der Waals surface area (Å²) in [5.41, 5.74) is -0.579. The Kier molecular flexibility index (Phi) is 3.40. The van der Waals surface area contributed by atoms with Crippen LogP contribution in [0.5, 0.6) is 0 Å². The Balaban J connectivity index is 2.12. The van der Waals surface area contributed by atoms with Crippen LogP contribution in [0, 0.1) is 6.92 Å². The first-order valence-corrected chi connectivity index (χ1v) is 9.76. The van der Waals surface area contributed by atoms with E-state index >= 15 is 0 Å². The van der Waals surface area contributed by atoms with E-state index in [1.54, 1.807) is 6.92 Å². The Hall–Kier alpha value is -2.11. The van der Waals surface area contributed by atoms with Crippen molar-refractivity contribution in [1.29, 1.82) is 0 Å². The third kappa shape index (κ3) is 2.41. The quantitative estimate of drug-likeness (QED) is 0.724. The molecule has 2 heterocycles. The Morgan fingerprint density at radius 2 is 2.08 bits per heavy atom. The number of nitrogens with zero attached hydrogens (tertiary/aromatic N) is 4. The van der Waals surface area contributed by atoms with Gasteiger partial charge in [0.05, 0.1) is 21.5 Å². The molecule has 1 aliphatic carbocycles. The van der Waals surface area contributed by atoms with Crippen molar-refractivity contribution >= 4 is 32.6 Å². The maximum atomic E-state index is 13.6. The van der Waals surface area contributed by atoms with E-state index in [4.69, 9.17) is 5.14 Å². The maximum Gasteiger partial charge on any atom is 0.336 e. The highest BCUT2D eigenvalue weighted by molar-refractivity contribution is 7.89. The molecule has 25 heavy (non-hydrogen) atoms. The van der Waals surface area contributed by atoms with Crippen LogP contribution in [0.25, 0.3) is 16.2 Å². The van der Waals surface area contributed by atoms with E-state index in [9.17, 15) is 17.6 Å². The Labute approximate surface area is 145 Å². The highest BCUT2D eigenvalue weighted by atomic mass is 32.2. The third-order valence-corrected chi connectivity index (χ3v) is 6.10. The summed E-state index contributed by atoms with van der Waals surface area (Å²) in [4.78, 5) is 17.1. The number of sulfonamides is 1. The van der Waals surface area contributed by atoms with Crippen LogP contribution in [0.2, 0.25) is 0 Å². The monoisotopic (exact) mass is 383 g/mol. The van der Waals surface area contributed by atoms with Gasteiger partial charge in [-0.15, -0.1) is 0 Å². The lowest BCUT2D eigenvalue weighted by atomic mass is 10.2. The summed E-state index contributed by atoms with van der Waals surface area (Å²) in [6, 6.07) is 4.11. The first-order valence-electron chi connectivity index (χ1n) is 7.44. The normalized spacial score (nSPS) is 16.4. The van der Waals surface area contributed by atoms with Crippen molar-refractivity contribution in [3.63, 3.8) is 0 Å². The number of aromatic nitrogens is 4. The van der Waals surface area contributed by atoms with E-state index in [1.165, 1.54) is 27.3 Å². The van der Waals surface area contributed by atoms with Crippen molar-refractivity contribution < 1.29 is 12.8 Å². The van der Waals surface area contributed by atoms with Crippen molar-refractivity contribution in [3.05, 3.63) is 34.5 Å². The minimum atomic E-state index is -3.95. The number of rotatable bonds is 4. The number of halogens is 1. The highest BCUT2D eigenvalue weighted by Gasteiger charge is 2.47. The van der Waals surface area contributed by atoms with E-state index in [0.717, 1.165) is 11.5 Å². The van der Waals surface area contributed by atoms with E-state index < -0.39 is 27.9 Å². The van der Waals surface area contributed by atoms with Gasteiger partial charge < -0.3 is 0 Å². The molecule has 0 saturated heterocycles. The number of benzene rings is 1. The zero-order valence-corrected chi connectivity index (χ0v) is 14.8. The Morgan fingerprint density at radius 3 is 2.60 bits per heavy atom. The number of imidazole rings is 1. The number of primary sulfonamides is 1. The lowest BCUT2D eigenvalue weighted by Crippen LogP contribution is -2.32. The van der Waals surface area contributed by atoms with Gasteiger partial charge in [0.2, 0.25) is 15.2 Å². The molecule has 0 radical (unpaired) electrons. The molecule has 11 heteroatoms. The molecule has 0 spiro atoms. The Bertz CT molecular complexity index is 1160. The summed E-state index contributed by atoms with van der Waals surface area (Å²) in [7, 11) is -3.95. The molecule has 1 aromatic carbocycles. The molecule has 0 amide bonds. The first kappa shape index (κ1) is 16.4. The zero-order valence-electron chi connectivity index (χ0n) is 13.1. The van der Waals surface area contributed by atoms with Gasteiger partial charge in [0, 0.05) is 11.5 Å². The van der Waals surface area contributed by atoms with Crippen molar-refractivity contribution in [1.82, 2.24) is 18.5 Å². The molecule has 1 fully saturated rings. The molecule has 0 atom stereocenters. The predicted molar refractivity (Wildman–Crippen MR) is 90.3 cm³/mol. The fraction of sp³-hybridized carbons (Fsp3) is 0.357. The molecular weight excluding hydrogens is 369 g/mol. The van der Waals surface area contributed by atoms with Gasteiger partial charge in [0.1, 0.15) is 12.5 Å². The minimum Gasteiger partial charge on any atom is -0.283 e. The van der Waals surface area contributed by atoms with Gasteiger partial charge in [-0.3, -0.25) is 4.57 Å². The van der Waals surface area contributed by atoms with Crippen molar-refractivity contribution in [2.45, 2.75) is 30.2 Å². The van der Waals surface area contributed by atoms with Gasteiger partial charge in [-0.25, -0.2) is 32.3 Å². The van der Waals surface area contributed by atoms with E-state index in [-0.39, 0.29) is 4.90 Å². The van der Waals surface area contributed by atoms with E-state index in [1.807, 2.05) is 0 Å². The van der Waals surface area contributed by atoms with Crippen molar-refractivity contribution in [2.75, 3.05) is 6.67 Å². The van der Waals surface area contributed by atoms with Crippen LogP contribution < -0.4 is 10.8 Å². The minimum absolute atomic E-state index is 0.128. The number of fused-ring (bicyclic) bond motifs is 1. The lowest BCUT2D eigenvalue weighted by Gasteiger charge is -2.12. The standard InChI is InChI=1S/C14H14FN5O3S2/c1-8-17-12(24-18-8)19-11-6-9(25(16,22)23)2-3-10(11)20(13(19)21)14(7-15)4-5-14/h2-3,6H,4-5,7H2,1H3,(H2,16,22,23). The molecule has 4 rings (SSSR count). The average molecular weight is 383 g/mol. The summed E-state index contributed by atoms with van der Waals surface area (Å²) in [5.74, 6) is 0.488. The first-order chi connectivity index (χ1) is 11.8. The van der Waals surface area contributed by atoms with Gasteiger partial charge in [-0.1, -0.05) is 0 Å². The average Bonchev–Trinajstić information content (AvgIpc) is 3.13. The van der Waals surface area contributed by atoms with Gasteiger partial charge in [0.25, 0.3) is 0 Å². The molecule has 0 unspecified atom stereocenters. The smallest absolute Gasteiger partial charge is 0.283 e. The molecule has 0 bridgehead atoms. The molecule has 2 N–H and O–H groups in total. The van der Waals surface area contributed by atoms with Crippen LogP contribution in [-0.4, -0.2) is 33.6 Å². The number of alkyl halides is 1. The molecular formula is C14H14FN5O3S2. The van der Waals surface area contributed by atoms with Crippen LogP contribution in [0.15, 0.2) is 27.9 Å². The summed E-state index contributed by atoms with van der Waals surface area (Å²) >= 11 is 1.01. The Morgan fingerprint density at radius 1 is 1.36 bits per heavy atom. The summed E-state index contributed by atoms with van der Waals surface area (Å²) in [6.07, 6.45) is 1.10. The lowest BCUT2D eigenvalue weighted by molar-refractivity contribution is 0.335. The maximum absolute atomic E-state index is 13.6. The van der Waals surface area contributed by atoms with Crippen LogP contribution in [-0.2, 0) is 15.6 Å². The van der Waals surface area contributed by atoms with Gasteiger partial charge in [0.15, 0.2) is 0 Å². The van der Waals surface area contributed by atoms with Crippen LogP contribution in [0.1, 0.15) is 18.7 Å². The van der Waals surface area contributed by atoms with Gasteiger partial charge in [-0.05, 0) is 38.0 Å². The molecule has 2 aromatic heterocycles. The number of hydrogen-bond acceptors (Lipinski definition) is 6. The van der Waals surface area contributed by atoms with Crippen molar-refractivity contribution in [2.24, 2.45) is 5.14 Å². The second-order valence-electron chi connectivity index (χ2n) is 6.13.